The maximum absolute atomic E-state index is 12.8. The smallest absolute Gasteiger partial charge is 0.419 e. The molecule has 18 heavy (non-hydrogen) atoms. The molecular formula is C12H16F3NO2. The number of methoxy groups -OCH3 is 1. The fraction of sp³-hybridized carbons (Fsp3) is 0.500. The lowest BCUT2D eigenvalue weighted by molar-refractivity contribution is -0.139. The van der Waals surface area contributed by atoms with E-state index in [2.05, 4.69) is 10.1 Å². The number of rotatable bonds is 6. The van der Waals surface area contributed by atoms with Crippen LogP contribution in [0.3, 0.4) is 0 Å². The van der Waals surface area contributed by atoms with Crippen LogP contribution in [0.25, 0.3) is 0 Å². The van der Waals surface area contributed by atoms with Crippen LogP contribution in [0.5, 0.6) is 5.75 Å². The van der Waals surface area contributed by atoms with Gasteiger partial charge in [0.05, 0.1) is 5.56 Å². The number of halogens is 3. The zero-order valence-corrected chi connectivity index (χ0v) is 10.3. The molecule has 1 aromatic rings. The molecule has 1 N–H and O–H groups in total. The third kappa shape index (κ3) is 4.19. The van der Waals surface area contributed by atoms with E-state index in [1.54, 1.807) is 6.07 Å². The van der Waals surface area contributed by atoms with E-state index in [0.717, 1.165) is 6.07 Å². The first-order valence-corrected chi connectivity index (χ1v) is 5.51. The molecular weight excluding hydrogens is 247 g/mol. The summed E-state index contributed by atoms with van der Waals surface area (Å²) in [5.74, 6) is -0.218. The number of benzene rings is 1. The Morgan fingerprint density at radius 1 is 1.28 bits per heavy atom. The maximum Gasteiger partial charge on any atom is 0.419 e. The number of ether oxygens (including phenoxy) is 2. The SMILES string of the molecule is CCNCc1ccc(OCOC)c(C(F)(F)F)c1. The summed E-state index contributed by atoms with van der Waals surface area (Å²) in [6, 6.07) is 4.01. The zero-order chi connectivity index (χ0) is 13.6. The van der Waals surface area contributed by atoms with E-state index in [1.165, 1.54) is 13.2 Å². The van der Waals surface area contributed by atoms with Gasteiger partial charge in [-0.05, 0) is 24.2 Å². The molecule has 0 bridgehead atoms. The summed E-state index contributed by atoms with van der Waals surface area (Å²) in [4.78, 5) is 0. The molecule has 0 radical (unpaired) electrons. The summed E-state index contributed by atoms with van der Waals surface area (Å²) in [5.41, 5.74) is -0.219. The summed E-state index contributed by atoms with van der Waals surface area (Å²) >= 11 is 0. The first-order valence-electron chi connectivity index (χ1n) is 5.51. The van der Waals surface area contributed by atoms with E-state index in [-0.39, 0.29) is 12.5 Å². The first kappa shape index (κ1) is 14.8. The second kappa shape index (κ2) is 6.61. The van der Waals surface area contributed by atoms with E-state index in [9.17, 15) is 13.2 Å². The van der Waals surface area contributed by atoms with Crippen molar-refractivity contribution >= 4 is 0 Å². The Kier molecular flexibility index (Phi) is 5.43. The van der Waals surface area contributed by atoms with Crippen LogP contribution in [0.15, 0.2) is 18.2 Å². The zero-order valence-electron chi connectivity index (χ0n) is 10.3. The highest BCUT2D eigenvalue weighted by atomic mass is 19.4. The van der Waals surface area contributed by atoms with Gasteiger partial charge in [0, 0.05) is 13.7 Å². The van der Waals surface area contributed by atoms with Crippen LogP contribution >= 0.6 is 0 Å². The van der Waals surface area contributed by atoms with Crippen molar-refractivity contribution in [2.75, 3.05) is 20.4 Å². The highest BCUT2D eigenvalue weighted by Crippen LogP contribution is 2.36. The minimum atomic E-state index is -4.44. The van der Waals surface area contributed by atoms with Gasteiger partial charge in [-0.25, -0.2) is 0 Å². The van der Waals surface area contributed by atoms with Gasteiger partial charge in [0.15, 0.2) is 6.79 Å². The van der Waals surface area contributed by atoms with Gasteiger partial charge in [-0.2, -0.15) is 13.2 Å². The Morgan fingerprint density at radius 2 is 2.00 bits per heavy atom. The maximum atomic E-state index is 12.8. The molecule has 0 saturated carbocycles. The molecule has 0 aliphatic carbocycles. The number of hydrogen-bond donors (Lipinski definition) is 1. The second-order valence-electron chi connectivity index (χ2n) is 3.66. The quantitative estimate of drug-likeness (QED) is 0.800. The van der Waals surface area contributed by atoms with Gasteiger partial charge in [0.1, 0.15) is 5.75 Å². The molecule has 1 aromatic carbocycles. The van der Waals surface area contributed by atoms with E-state index >= 15 is 0 Å². The minimum Gasteiger partial charge on any atom is -0.467 e. The summed E-state index contributed by atoms with van der Waals surface area (Å²) in [5, 5.41) is 2.97. The first-order chi connectivity index (χ1) is 8.49. The Hall–Kier alpha value is -1.27. The van der Waals surface area contributed by atoms with Gasteiger partial charge >= 0.3 is 6.18 Å². The number of alkyl halides is 3. The highest BCUT2D eigenvalue weighted by Gasteiger charge is 2.34. The van der Waals surface area contributed by atoms with Crippen molar-refractivity contribution in [1.82, 2.24) is 5.32 Å². The third-order valence-electron chi connectivity index (χ3n) is 2.26. The summed E-state index contributed by atoms with van der Waals surface area (Å²) < 4.78 is 48.0. The number of hydrogen-bond acceptors (Lipinski definition) is 3. The molecule has 0 unspecified atom stereocenters. The van der Waals surface area contributed by atoms with Gasteiger partial charge in [0.25, 0.3) is 0 Å². The molecule has 0 heterocycles. The monoisotopic (exact) mass is 263 g/mol. The second-order valence-corrected chi connectivity index (χ2v) is 3.66. The lowest BCUT2D eigenvalue weighted by Gasteiger charge is -2.15. The third-order valence-corrected chi connectivity index (χ3v) is 2.26. The van der Waals surface area contributed by atoms with Gasteiger partial charge in [-0.1, -0.05) is 13.0 Å². The fourth-order valence-electron chi connectivity index (χ4n) is 1.43. The molecule has 3 nitrogen and oxygen atoms in total. The van der Waals surface area contributed by atoms with Crippen LogP contribution in [-0.4, -0.2) is 20.4 Å². The Labute approximate surface area is 104 Å². The highest BCUT2D eigenvalue weighted by molar-refractivity contribution is 5.39. The van der Waals surface area contributed by atoms with Crippen molar-refractivity contribution in [2.45, 2.75) is 19.6 Å². The van der Waals surface area contributed by atoms with Crippen LogP contribution < -0.4 is 10.1 Å². The van der Waals surface area contributed by atoms with Crippen LogP contribution in [0.4, 0.5) is 13.2 Å². The summed E-state index contributed by atoms with van der Waals surface area (Å²) in [6.07, 6.45) is -4.44. The van der Waals surface area contributed by atoms with Gasteiger partial charge in [0.2, 0.25) is 0 Å². The molecule has 0 atom stereocenters. The molecule has 0 amide bonds. The minimum absolute atomic E-state index is 0.213. The van der Waals surface area contributed by atoms with Crippen molar-refractivity contribution in [3.63, 3.8) is 0 Å². The lowest BCUT2D eigenvalue weighted by Crippen LogP contribution is -2.14. The summed E-state index contributed by atoms with van der Waals surface area (Å²) in [6.45, 7) is 2.77. The molecule has 6 heteroatoms. The Morgan fingerprint density at radius 3 is 2.56 bits per heavy atom. The van der Waals surface area contributed by atoms with Gasteiger partial charge in [-0.15, -0.1) is 0 Å². The topological polar surface area (TPSA) is 30.5 Å². The molecule has 0 spiro atoms. The summed E-state index contributed by atoms with van der Waals surface area (Å²) in [7, 11) is 1.35. The van der Waals surface area contributed by atoms with Crippen LogP contribution in [0, 0.1) is 0 Å². The lowest BCUT2D eigenvalue weighted by atomic mass is 10.1. The Bertz CT molecular complexity index is 380. The van der Waals surface area contributed by atoms with Crippen LogP contribution in [0.2, 0.25) is 0 Å². The molecule has 0 fully saturated rings. The molecule has 1 rings (SSSR count). The van der Waals surface area contributed by atoms with E-state index in [4.69, 9.17) is 4.74 Å². The van der Waals surface area contributed by atoms with Crippen molar-refractivity contribution in [3.8, 4) is 5.75 Å². The molecule has 0 aliphatic heterocycles. The Balaban J connectivity index is 2.97. The average molecular weight is 263 g/mol. The van der Waals surface area contributed by atoms with Crippen molar-refractivity contribution in [3.05, 3.63) is 29.3 Å². The largest absolute Gasteiger partial charge is 0.467 e. The normalized spacial score (nSPS) is 11.6. The van der Waals surface area contributed by atoms with Crippen LogP contribution in [0.1, 0.15) is 18.1 Å². The standard InChI is InChI=1S/C12H16F3NO2/c1-3-16-7-9-4-5-11(18-8-17-2)10(6-9)12(13,14)15/h4-6,16H,3,7-8H2,1-2H3. The molecule has 0 aromatic heterocycles. The molecule has 0 aliphatic rings. The van der Waals surface area contributed by atoms with Gasteiger partial charge in [-0.3, -0.25) is 0 Å². The van der Waals surface area contributed by atoms with Crippen LogP contribution in [-0.2, 0) is 17.5 Å². The van der Waals surface area contributed by atoms with E-state index < -0.39 is 11.7 Å². The predicted molar refractivity (Wildman–Crippen MR) is 61.3 cm³/mol. The van der Waals surface area contributed by atoms with E-state index in [0.29, 0.717) is 18.7 Å². The predicted octanol–water partition coefficient (Wildman–Crippen LogP) is 2.80. The number of nitrogens with one attached hydrogen (secondary N) is 1. The van der Waals surface area contributed by atoms with Gasteiger partial charge < -0.3 is 14.8 Å². The van der Waals surface area contributed by atoms with Crippen molar-refractivity contribution in [1.29, 1.82) is 0 Å². The molecule has 102 valence electrons. The average Bonchev–Trinajstić information content (AvgIpc) is 2.33. The van der Waals surface area contributed by atoms with Crippen molar-refractivity contribution < 1.29 is 22.6 Å². The fourth-order valence-corrected chi connectivity index (χ4v) is 1.43. The molecule has 0 saturated heterocycles. The van der Waals surface area contributed by atoms with E-state index in [1.807, 2.05) is 6.92 Å². The van der Waals surface area contributed by atoms with Crippen molar-refractivity contribution in [2.24, 2.45) is 0 Å².